The largest absolute Gasteiger partial charge is 0.508 e. The van der Waals surface area contributed by atoms with Crippen LogP contribution in [0.5, 0.6) is 5.75 Å². The molecule has 0 radical (unpaired) electrons. The number of benzene rings is 2. The molecule has 10 heteroatoms. The number of phenolic OH excluding ortho intramolecular Hbond substituents is 1. The molecule has 5 N–H and O–H groups in total. The van der Waals surface area contributed by atoms with Crippen LogP contribution in [-0.4, -0.2) is 76.1 Å². The fourth-order valence-corrected chi connectivity index (χ4v) is 5.07. The van der Waals surface area contributed by atoms with Gasteiger partial charge in [0.15, 0.2) is 0 Å². The first-order valence-corrected chi connectivity index (χ1v) is 13.0. The summed E-state index contributed by atoms with van der Waals surface area (Å²) in [5.74, 6) is -2.30. The SMILES string of the molecule is O=C(O)C(Cc1ccccc1)NC(=O)C(Cc1ccc(O)cc1)NC(=O)C1CCCN1C(=O)C1CCCN1. The highest BCUT2D eigenvalue weighted by molar-refractivity contribution is 5.94. The average molecular weight is 523 g/mol. The standard InChI is InChI=1S/C28H34N4O6/c33-20-12-10-19(11-13-20)16-22(25(34)31-23(28(37)38)17-18-6-2-1-3-7-18)30-26(35)24-9-5-15-32(24)27(36)21-8-4-14-29-21/h1-3,6-7,10-13,21-24,29,33H,4-5,8-9,14-17H2,(H,30,35)(H,31,34)(H,37,38). The monoisotopic (exact) mass is 522 g/mol. The predicted molar refractivity (Wildman–Crippen MR) is 139 cm³/mol. The molecule has 4 atom stereocenters. The van der Waals surface area contributed by atoms with E-state index in [2.05, 4.69) is 16.0 Å². The Kier molecular flexibility index (Phi) is 8.96. The van der Waals surface area contributed by atoms with Crippen LogP contribution in [0.15, 0.2) is 54.6 Å². The van der Waals surface area contributed by atoms with E-state index in [9.17, 15) is 29.4 Å². The third-order valence-corrected chi connectivity index (χ3v) is 7.10. The Labute approximate surface area is 221 Å². The number of amides is 3. The van der Waals surface area contributed by atoms with Crippen LogP contribution in [0.2, 0.25) is 0 Å². The molecule has 0 aromatic heterocycles. The van der Waals surface area contributed by atoms with Gasteiger partial charge < -0.3 is 31.1 Å². The van der Waals surface area contributed by atoms with Crippen molar-refractivity contribution in [3.05, 3.63) is 65.7 Å². The van der Waals surface area contributed by atoms with Gasteiger partial charge in [-0.25, -0.2) is 4.79 Å². The van der Waals surface area contributed by atoms with E-state index in [0.29, 0.717) is 24.9 Å². The van der Waals surface area contributed by atoms with Gasteiger partial charge in [-0.2, -0.15) is 0 Å². The molecular formula is C28H34N4O6. The van der Waals surface area contributed by atoms with E-state index in [1.165, 1.54) is 12.1 Å². The molecule has 0 bridgehead atoms. The lowest BCUT2D eigenvalue weighted by molar-refractivity contribution is -0.143. The molecular weight excluding hydrogens is 488 g/mol. The van der Waals surface area contributed by atoms with Gasteiger partial charge in [0.05, 0.1) is 6.04 Å². The molecule has 0 saturated carbocycles. The van der Waals surface area contributed by atoms with E-state index in [1.807, 2.05) is 6.07 Å². The van der Waals surface area contributed by atoms with Crippen LogP contribution in [0, 0.1) is 0 Å². The number of likely N-dealkylation sites (tertiary alicyclic amines) is 1. The van der Waals surface area contributed by atoms with Gasteiger partial charge in [0.25, 0.3) is 0 Å². The van der Waals surface area contributed by atoms with Crippen LogP contribution in [0.3, 0.4) is 0 Å². The van der Waals surface area contributed by atoms with Crippen LogP contribution in [0.1, 0.15) is 36.8 Å². The van der Waals surface area contributed by atoms with E-state index < -0.39 is 35.9 Å². The minimum atomic E-state index is -1.19. The predicted octanol–water partition coefficient (Wildman–Crippen LogP) is 0.975. The summed E-state index contributed by atoms with van der Waals surface area (Å²) in [5, 5.41) is 27.9. The third-order valence-electron chi connectivity index (χ3n) is 7.10. The molecule has 10 nitrogen and oxygen atoms in total. The zero-order chi connectivity index (χ0) is 27.1. The van der Waals surface area contributed by atoms with Gasteiger partial charge >= 0.3 is 5.97 Å². The van der Waals surface area contributed by atoms with E-state index in [0.717, 1.165) is 24.9 Å². The second kappa shape index (κ2) is 12.6. The van der Waals surface area contributed by atoms with Gasteiger partial charge in [0.1, 0.15) is 23.9 Å². The van der Waals surface area contributed by atoms with Crippen molar-refractivity contribution in [3.63, 3.8) is 0 Å². The van der Waals surface area contributed by atoms with Crippen molar-refractivity contribution in [1.29, 1.82) is 0 Å². The van der Waals surface area contributed by atoms with Gasteiger partial charge in [0, 0.05) is 19.4 Å². The second-order valence-corrected chi connectivity index (χ2v) is 9.86. The zero-order valence-corrected chi connectivity index (χ0v) is 21.1. The maximum absolute atomic E-state index is 13.4. The topological polar surface area (TPSA) is 148 Å². The molecule has 3 amide bonds. The van der Waals surface area contributed by atoms with Crippen LogP contribution in [-0.2, 0) is 32.0 Å². The summed E-state index contributed by atoms with van der Waals surface area (Å²) in [5.41, 5.74) is 1.42. The van der Waals surface area contributed by atoms with E-state index >= 15 is 0 Å². The molecule has 0 aliphatic carbocycles. The van der Waals surface area contributed by atoms with Gasteiger partial charge in [-0.3, -0.25) is 14.4 Å². The Hall–Kier alpha value is -3.92. The molecule has 2 aliphatic heterocycles. The number of hydrogen-bond donors (Lipinski definition) is 5. The molecule has 202 valence electrons. The molecule has 0 spiro atoms. The molecule has 38 heavy (non-hydrogen) atoms. The molecule has 4 unspecified atom stereocenters. The van der Waals surface area contributed by atoms with E-state index in [-0.39, 0.29) is 30.5 Å². The summed E-state index contributed by atoms with van der Waals surface area (Å²) in [6.07, 6.45) is 2.98. The highest BCUT2D eigenvalue weighted by Gasteiger charge is 2.39. The van der Waals surface area contributed by atoms with Crippen molar-refractivity contribution < 1.29 is 29.4 Å². The van der Waals surface area contributed by atoms with Crippen molar-refractivity contribution in [3.8, 4) is 5.75 Å². The molecule has 2 fully saturated rings. The molecule has 2 heterocycles. The smallest absolute Gasteiger partial charge is 0.326 e. The Morgan fingerprint density at radius 1 is 0.895 bits per heavy atom. The zero-order valence-electron chi connectivity index (χ0n) is 21.1. The molecule has 2 saturated heterocycles. The summed E-state index contributed by atoms with van der Waals surface area (Å²) in [6, 6.07) is 11.9. The fourth-order valence-electron chi connectivity index (χ4n) is 5.07. The summed E-state index contributed by atoms with van der Waals surface area (Å²) in [7, 11) is 0. The van der Waals surface area contributed by atoms with Crippen molar-refractivity contribution in [2.75, 3.05) is 13.1 Å². The lowest BCUT2D eigenvalue weighted by Gasteiger charge is -2.28. The Balaban J connectivity index is 1.49. The number of carboxylic acids is 1. The van der Waals surface area contributed by atoms with Crippen molar-refractivity contribution >= 4 is 23.7 Å². The Morgan fingerprint density at radius 3 is 2.24 bits per heavy atom. The number of carboxylic acid groups (broad SMARTS) is 1. The maximum Gasteiger partial charge on any atom is 0.326 e. The van der Waals surface area contributed by atoms with E-state index in [4.69, 9.17) is 0 Å². The third kappa shape index (κ3) is 6.89. The number of carbonyl (C=O) groups is 4. The minimum absolute atomic E-state index is 0.0632. The lowest BCUT2D eigenvalue weighted by Crippen LogP contribution is -2.57. The molecule has 2 aromatic rings. The van der Waals surface area contributed by atoms with Crippen LogP contribution >= 0.6 is 0 Å². The number of nitrogens with one attached hydrogen (secondary N) is 3. The molecule has 2 aliphatic rings. The summed E-state index contributed by atoms with van der Waals surface area (Å²) >= 11 is 0. The van der Waals surface area contributed by atoms with Crippen molar-refractivity contribution in [1.82, 2.24) is 20.9 Å². The first-order chi connectivity index (χ1) is 18.3. The molecule has 4 rings (SSSR count). The summed E-state index contributed by atoms with van der Waals surface area (Å²) in [6.45, 7) is 1.24. The Morgan fingerprint density at radius 2 is 1.58 bits per heavy atom. The highest BCUT2D eigenvalue weighted by Crippen LogP contribution is 2.21. The lowest BCUT2D eigenvalue weighted by atomic mass is 10.0. The Bertz CT molecular complexity index is 1130. The van der Waals surface area contributed by atoms with Crippen LogP contribution in [0.25, 0.3) is 0 Å². The van der Waals surface area contributed by atoms with Crippen molar-refractivity contribution in [2.45, 2.75) is 62.7 Å². The van der Waals surface area contributed by atoms with Gasteiger partial charge in [-0.05, 0) is 55.5 Å². The number of rotatable bonds is 10. The normalized spacial score (nSPS) is 20.5. The number of aliphatic carboxylic acids is 1. The average Bonchev–Trinajstić information content (AvgIpc) is 3.62. The summed E-state index contributed by atoms with van der Waals surface area (Å²) < 4.78 is 0. The quantitative estimate of drug-likeness (QED) is 0.312. The minimum Gasteiger partial charge on any atom is -0.508 e. The van der Waals surface area contributed by atoms with Crippen LogP contribution < -0.4 is 16.0 Å². The maximum atomic E-state index is 13.4. The van der Waals surface area contributed by atoms with E-state index in [1.54, 1.807) is 41.3 Å². The number of carbonyl (C=O) groups excluding carboxylic acids is 3. The first kappa shape index (κ1) is 27.1. The first-order valence-electron chi connectivity index (χ1n) is 13.0. The van der Waals surface area contributed by atoms with Crippen LogP contribution in [0.4, 0.5) is 0 Å². The second-order valence-electron chi connectivity index (χ2n) is 9.86. The molecule has 2 aromatic carbocycles. The fraction of sp³-hybridized carbons (Fsp3) is 0.429. The van der Waals surface area contributed by atoms with Gasteiger partial charge in [-0.15, -0.1) is 0 Å². The highest BCUT2D eigenvalue weighted by atomic mass is 16.4. The van der Waals surface area contributed by atoms with Crippen molar-refractivity contribution in [2.24, 2.45) is 0 Å². The number of phenols is 1. The van der Waals surface area contributed by atoms with Gasteiger partial charge in [0.2, 0.25) is 17.7 Å². The number of nitrogens with zero attached hydrogens (tertiary/aromatic N) is 1. The summed E-state index contributed by atoms with van der Waals surface area (Å²) in [4.78, 5) is 53.3. The number of hydrogen-bond acceptors (Lipinski definition) is 6. The van der Waals surface area contributed by atoms with Gasteiger partial charge in [-0.1, -0.05) is 42.5 Å². The number of aromatic hydroxyl groups is 1.